The monoisotopic (exact) mass is 259 g/mol. The predicted octanol–water partition coefficient (Wildman–Crippen LogP) is 4.44. The molecule has 1 aliphatic rings. The third kappa shape index (κ3) is 3.82. The summed E-state index contributed by atoms with van der Waals surface area (Å²) in [5.41, 5.74) is 2.06. The van der Waals surface area contributed by atoms with Gasteiger partial charge in [-0.05, 0) is 18.6 Å². The highest BCUT2D eigenvalue weighted by Gasteiger charge is 2.21. The van der Waals surface area contributed by atoms with Crippen molar-refractivity contribution in [2.24, 2.45) is 0 Å². The Kier molecular flexibility index (Phi) is 5.44. The van der Waals surface area contributed by atoms with E-state index in [1.807, 2.05) is 18.2 Å². The lowest BCUT2D eigenvalue weighted by Crippen LogP contribution is -2.32. The fourth-order valence-corrected chi connectivity index (χ4v) is 2.79. The molecule has 0 bridgehead atoms. The molecule has 2 rings (SSSR count). The zero-order valence-corrected chi connectivity index (χ0v) is 12.0. The molecule has 0 radical (unpaired) electrons. The first-order chi connectivity index (χ1) is 9.33. The van der Waals surface area contributed by atoms with Crippen molar-refractivity contribution >= 4 is 11.5 Å². The molecule has 19 heavy (non-hydrogen) atoms. The van der Waals surface area contributed by atoms with E-state index in [2.05, 4.69) is 17.9 Å². The quantitative estimate of drug-likeness (QED) is 0.675. The summed E-state index contributed by atoms with van der Waals surface area (Å²) in [7, 11) is 0. The van der Waals surface area contributed by atoms with Gasteiger partial charge in [0.1, 0.15) is 0 Å². The fraction of sp³-hybridized carbons (Fsp3) is 0.588. The number of nitrogens with zero attached hydrogens (tertiary/aromatic N) is 1. The van der Waals surface area contributed by atoms with E-state index in [4.69, 9.17) is 0 Å². The molecule has 0 saturated carbocycles. The molecule has 1 aromatic carbocycles. The Bertz CT molecular complexity index is 413. The van der Waals surface area contributed by atoms with Gasteiger partial charge < -0.3 is 4.90 Å². The fourth-order valence-electron chi connectivity index (χ4n) is 2.79. The van der Waals surface area contributed by atoms with Crippen molar-refractivity contribution < 1.29 is 4.79 Å². The molecule has 0 aromatic heterocycles. The van der Waals surface area contributed by atoms with Crippen molar-refractivity contribution in [2.75, 3.05) is 18.0 Å². The summed E-state index contributed by atoms with van der Waals surface area (Å²) >= 11 is 0. The zero-order chi connectivity index (χ0) is 13.5. The van der Waals surface area contributed by atoms with E-state index in [1.54, 1.807) is 0 Å². The topological polar surface area (TPSA) is 20.3 Å². The van der Waals surface area contributed by atoms with Crippen molar-refractivity contribution in [3.05, 3.63) is 29.8 Å². The van der Waals surface area contributed by atoms with Crippen molar-refractivity contribution in [2.45, 2.75) is 51.9 Å². The molecular formula is C17H25NO. The lowest BCUT2D eigenvalue weighted by Gasteiger charge is -2.30. The van der Waals surface area contributed by atoms with Gasteiger partial charge in [0.2, 0.25) is 0 Å². The van der Waals surface area contributed by atoms with Gasteiger partial charge in [-0.1, -0.05) is 51.2 Å². The summed E-state index contributed by atoms with van der Waals surface area (Å²) in [4.78, 5) is 14.2. The van der Waals surface area contributed by atoms with Crippen molar-refractivity contribution in [3.8, 4) is 0 Å². The molecule has 0 unspecified atom stereocenters. The summed E-state index contributed by atoms with van der Waals surface area (Å²) in [6, 6.07) is 8.05. The highest BCUT2D eigenvalue weighted by atomic mass is 16.1. The molecule has 1 aromatic rings. The van der Waals surface area contributed by atoms with Gasteiger partial charge in [-0.3, -0.25) is 4.79 Å². The van der Waals surface area contributed by atoms with Gasteiger partial charge in [0.25, 0.3) is 0 Å². The molecule has 1 heterocycles. The maximum Gasteiger partial charge on any atom is 0.166 e. The lowest BCUT2D eigenvalue weighted by atomic mass is 10.00. The number of anilines is 1. The van der Waals surface area contributed by atoms with Crippen LogP contribution in [0.15, 0.2) is 24.3 Å². The Hall–Kier alpha value is -1.31. The minimum Gasteiger partial charge on any atom is -0.370 e. The summed E-state index contributed by atoms with van der Waals surface area (Å²) in [6.45, 7) is 4.24. The highest BCUT2D eigenvalue weighted by molar-refractivity contribution is 6.03. The van der Waals surface area contributed by atoms with Gasteiger partial charge in [-0.2, -0.15) is 0 Å². The Morgan fingerprint density at radius 1 is 1.05 bits per heavy atom. The average Bonchev–Trinajstić information content (AvgIpc) is 2.45. The van der Waals surface area contributed by atoms with E-state index >= 15 is 0 Å². The minimum absolute atomic E-state index is 0.301. The van der Waals surface area contributed by atoms with Gasteiger partial charge in [0, 0.05) is 30.8 Å². The molecule has 104 valence electrons. The average molecular weight is 259 g/mol. The van der Waals surface area contributed by atoms with Crippen LogP contribution in [0.1, 0.15) is 62.2 Å². The van der Waals surface area contributed by atoms with E-state index in [9.17, 15) is 4.79 Å². The van der Waals surface area contributed by atoms with Crippen LogP contribution in [0.25, 0.3) is 0 Å². The van der Waals surface area contributed by atoms with Gasteiger partial charge >= 0.3 is 0 Å². The van der Waals surface area contributed by atoms with Crippen LogP contribution in [-0.2, 0) is 0 Å². The number of hydrogen-bond acceptors (Lipinski definition) is 2. The van der Waals surface area contributed by atoms with Crippen LogP contribution in [0.4, 0.5) is 5.69 Å². The molecular weight excluding hydrogens is 234 g/mol. The van der Waals surface area contributed by atoms with E-state index in [1.165, 1.54) is 38.5 Å². The maximum atomic E-state index is 11.9. The molecule has 0 atom stereocenters. The first kappa shape index (κ1) is 14.1. The SMILES string of the molecule is CCCCCCCCN1CCC(=O)c2ccccc21. The number of unbranched alkanes of at least 4 members (excludes halogenated alkanes) is 5. The number of carbonyl (C=O) groups is 1. The highest BCUT2D eigenvalue weighted by Crippen LogP contribution is 2.26. The van der Waals surface area contributed by atoms with Crippen LogP contribution in [0.3, 0.4) is 0 Å². The second-order valence-electron chi connectivity index (χ2n) is 5.45. The molecule has 0 N–H and O–H groups in total. The number of hydrogen-bond donors (Lipinski definition) is 0. The Balaban J connectivity index is 1.82. The van der Waals surface area contributed by atoms with Crippen molar-refractivity contribution in [3.63, 3.8) is 0 Å². The van der Waals surface area contributed by atoms with E-state index in [0.29, 0.717) is 12.2 Å². The second-order valence-corrected chi connectivity index (χ2v) is 5.45. The van der Waals surface area contributed by atoms with E-state index < -0.39 is 0 Å². The number of fused-ring (bicyclic) bond motifs is 1. The number of ketones is 1. The molecule has 1 aliphatic heterocycles. The summed E-state index contributed by atoms with van der Waals surface area (Å²) in [5.74, 6) is 0.301. The molecule has 2 heteroatoms. The van der Waals surface area contributed by atoms with Crippen LogP contribution in [0.2, 0.25) is 0 Å². The molecule has 0 aliphatic carbocycles. The Morgan fingerprint density at radius 2 is 1.79 bits per heavy atom. The number of rotatable bonds is 7. The second kappa shape index (κ2) is 7.32. The van der Waals surface area contributed by atoms with E-state index in [-0.39, 0.29) is 0 Å². The van der Waals surface area contributed by atoms with Gasteiger partial charge in [-0.25, -0.2) is 0 Å². The normalized spacial score (nSPS) is 14.6. The first-order valence-corrected chi connectivity index (χ1v) is 7.70. The van der Waals surface area contributed by atoms with Crippen LogP contribution in [0.5, 0.6) is 0 Å². The molecule has 0 fully saturated rings. The number of para-hydroxylation sites is 1. The third-order valence-corrected chi connectivity index (χ3v) is 3.94. The van der Waals surface area contributed by atoms with Crippen LogP contribution in [-0.4, -0.2) is 18.9 Å². The molecule has 0 saturated heterocycles. The Labute approximate surface area is 116 Å². The molecule has 2 nitrogen and oxygen atoms in total. The molecule has 0 spiro atoms. The summed E-state index contributed by atoms with van der Waals surface area (Å²) in [5, 5.41) is 0. The van der Waals surface area contributed by atoms with Gasteiger partial charge in [0.15, 0.2) is 5.78 Å². The smallest absolute Gasteiger partial charge is 0.166 e. The first-order valence-electron chi connectivity index (χ1n) is 7.70. The number of carbonyl (C=O) groups excluding carboxylic acids is 1. The van der Waals surface area contributed by atoms with Gasteiger partial charge in [-0.15, -0.1) is 0 Å². The van der Waals surface area contributed by atoms with E-state index in [0.717, 1.165) is 24.3 Å². The maximum absolute atomic E-state index is 11.9. The standard InChI is InChI=1S/C17H25NO/c1-2-3-4-5-6-9-13-18-14-12-17(19)15-10-7-8-11-16(15)18/h7-8,10-11H,2-6,9,12-14H2,1H3. The van der Waals surface area contributed by atoms with Crippen LogP contribution in [0, 0.1) is 0 Å². The Morgan fingerprint density at radius 3 is 2.63 bits per heavy atom. The lowest BCUT2D eigenvalue weighted by molar-refractivity contribution is 0.0980. The summed E-state index contributed by atoms with van der Waals surface area (Å²) < 4.78 is 0. The van der Waals surface area contributed by atoms with Crippen molar-refractivity contribution in [1.29, 1.82) is 0 Å². The van der Waals surface area contributed by atoms with Crippen LogP contribution >= 0.6 is 0 Å². The van der Waals surface area contributed by atoms with Gasteiger partial charge in [0.05, 0.1) is 0 Å². The van der Waals surface area contributed by atoms with Crippen molar-refractivity contribution in [1.82, 2.24) is 0 Å². The summed E-state index contributed by atoms with van der Waals surface area (Å²) in [6.07, 6.45) is 8.61. The predicted molar refractivity (Wildman–Crippen MR) is 81.0 cm³/mol. The zero-order valence-electron chi connectivity index (χ0n) is 12.0. The number of Topliss-reactive ketones (excluding diaryl/α,β-unsaturated/α-hetero) is 1. The largest absolute Gasteiger partial charge is 0.370 e. The number of benzene rings is 1. The molecule has 0 amide bonds. The minimum atomic E-state index is 0.301. The third-order valence-electron chi connectivity index (χ3n) is 3.94. The van der Waals surface area contributed by atoms with Crippen LogP contribution < -0.4 is 4.90 Å².